The lowest BCUT2D eigenvalue weighted by atomic mass is 9.83. The topological polar surface area (TPSA) is 101 Å². The Labute approximate surface area is 223 Å². The Morgan fingerprint density at radius 3 is 2.00 bits per heavy atom. The van der Waals surface area contributed by atoms with Crippen molar-refractivity contribution in [2.24, 2.45) is 5.92 Å². The van der Waals surface area contributed by atoms with Gasteiger partial charge < -0.3 is 28.8 Å². The predicted octanol–water partition coefficient (Wildman–Crippen LogP) is 6.35. The monoisotopic (exact) mass is 524 g/mol. The molecule has 0 unspecified atom stereocenters. The third-order valence-corrected chi connectivity index (χ3v) is 7.04. The second-order valence-electron chi connectivity index (χ2n) is 9.03. The molecule has 0 radical (unpaired) electrons. The molecule has 0 aliphatic heterocycles. The molecule has 0 spiro atoms. The summed E-state index contributed by atoms with van der Waals surface area (Å²) < 4.78 is 27.5. The zero-order chi connectivity index (χ0) is 28.1. The normalized spacial score (nSPS) is 11.0. The lowest BCUT2D eigenvalue weighted by Crippen LogP contribution is -2.16. The maximum atomic E-state index is 13.8. The summed E-state index contributed by atoms with van der Waals surface area (Å²) in [5, 5.41) is 12.4. The first-order chi connectivity index (χ1) is 18.2. The molecule has 0 aliphatic carbocycles. The second kappa shape index (κ2) is 12.1. The molecule has 0 aromatic heterocycles. The third-order valence-electron chi connectivity index (χ3n) is 7.04. The van der Waals surface area contributed by atoms with Gasteiger partial charge in [-0.1, -0.05) is 32.8 Å². The Bertz CT molecular complexity index is 1350. The summed E-state index contributed by atoms with van der Waals surface area (Å²) >= 11 is 0. The number of hydrogen-bond donors (Lipinski definition) is 1. The average Bonchev–Trinajstić information content (AvgIpc) is 2.94. The summed E-state index contributed by atoms with van der Waals surface area (Å²) in [6, 6.07) is 6.89. The summed E-state index contributed by atoms with van der Waals surface area (Å²) in [6.07, 6.45) is 1.75. The standard InChI is InChI=1S/C30H36O8/c1-9-17(10-2)14-20(31)25-26(30(33)38-8)23(18-11-12-21(34-4)22(15-18)35-5)24-19(27(25)32)13-16(3)28(36-6)29(24)37-7/h11-13,15,17,32H,9-10,14H2,1-8H3. The van der Waals surface area contributed by atoms with Crippen molar-refractivity contribution in [3.8, 4) is 39.9 Å². The first kappa shape index (κ1) is 28.6. The number of fused-ring (bicyclic) bond motifs is 1. The van der Waals surface area contributed by atoms with Crippen LogP contribution in [0.4, 0.5) is 0 Å². The van der Waals surface area contributed by atoms with Gasteiger partial charge in [0.2, 0.25) is 0 Å². The number of Topliss-reactive ketones (excluding diaryl/α,β-unsaturated/α-hetero) is 1. The smallest absolute Gasteiger partial charge is 0.339 e. The number of phenolic OH excluding ortho intramolecular Hbond substituents is 1. The molecule has 0 saturated heterocycles. The van der Waals surface area contributed by atoms with Gasteiger partial charge in [0, 0.05) is 22.8 Å². The molecule has 3 aromatic carbocycles. The highest BCUT2D eigenvalue weighted by molar-refractivity contribution is 6.21. The van der Waals surface area contributed by atoms with E-state index in [2.05, 4.69) is 0 Å². The minimum Gasteiger partial charge on any atom is -0.507 e. The van der Waals surface area contributed by atoms with Crippen LogP contribution >= 0.6 is 0 Å². The lowest BCUT2D eigenvalue weighted by molar-refractivity contribution is 0.0597. The van der Waals surface area contributed by atoms with Crippen LogP contribution in [-0.4, -0.2) is 52.4 Å². The van der Waals surface area contributed by atoms with E-state index in [0.717, 1.165) is 12.8 Å². The van der Waals surface area contributed by atoms with Crippen LogP contribution in [-0.2, 0) is 4.74 Å². The molecule has 8 nitrogen and oxygen atoms in total. The molecule has 0 atom stereocenters. The quantitative estimate of drug-likeness (QED) is 0.229. The van der Waals surface area contributed by atoms with Crippen LogP contribution in [0.5, 0.6) is 28.7 Å². The van der Waals surface area contributed by atoms with Gasteiger partial charge in [-0.15, -0.1) is 0 Å². The second-order valence-corrected chi connectivity index (χ2v) is 9.03. The largest absolute Gasteiger partial charge is 0.507 e. The van der Waals surface area contributed by atoms with Gasteiger partial charge in [-0.3, -0.25) is 4.79 Å². The van der Waals surface area contributed by atoms with Crippen molar-refractivity contribution in [3.63, 3.8) is 0 Å². The molecular formula is C30H36O8. The summed E-state index contributed by atoms with van der Waals surface area (Å²) in [7, 11) is 7.27. The molecule has 8 heteroatoms. The van der Waals surface area contributed by atoms with Crippen LogP contribution in [0.25, 0.3) is 21.9 Å². The van der Waals surface area contributed by atoms with E-state index in [-0.39, 0.29) is 35.0 Å². The van der Waals surface area contributed by atoms with Crippen LogP contribution in [0.3, 0.4) is 0 Å². The fourth-order valence-electron chi connectivity index (χ4n) is 4.96. The fourth-order valence-corrected chi connectivity index (χ4v) is 4.96. The van der Waals surface area contributed by atoms with Crippen LogP contribution in [0.2, 0.25) is 0 Å². The molecule has 1 N–H and O–H groups in total. The molecule has 3 rings (SSSR count). The average molecular weight is 525 g/mol. The molecule has 38 heavy (non-hydrogen) atoms. The number of carbonyl (C=O) groups excluding carboxylic acids is 2. The minimum absolute atomic E-state index is 0.0510. The van der Waals surface area contributed by atoms with Crippen LogP contribution in [0, 0.1) is 12.8 Å². The number of carbonyl (C=O) groups is 2. The van der Waals surface area contributed by atoms with E-state index in [1.165, 1.54) is 35.5 Å². The highest BCUT2D eigenvalue weighted by Gasteiger charge is 2.33. The number of ether oxygens (including phenoxy) is 5. The number of hydrogen-bond acceptors (Lipinski definition) is 8. The van der Waals surface area contributed by atoms with Crippen LogP contribution < -0.4 is 18.9 Å². The van der Waals surface area contributed by atoms with E-state index in [0.29, 0.717) is 50.5 Å². The van der Waals surface area contributed by atoms with Gasteiger partial charge in [-0.2, -0.15) is 0 Å². The molecule has 0 fully saturated rings. The summed E-state index contributed by atoms with van der Waals surface area (Å²) in [5.74, 6) is 0.354. The molecule has 3 aromatic rings. The van der Waals surface area contributed by atoms with Crippen molar-refractivity contribution in [1.29, 1.82) is 0 Å². The lowest BCUT2D eigenvalue weighted by Gasteiger charge is -2.23. The maximum absolute atomic E-state index is 13.8. The highest BCUT2D eigenvalue weighted by atomic mass is 16.5. The minimum atomic E-state index is -0.763. The molecular weight excluding hydrogens is 488 g/mol. The summed E-state index contributed by atoms with van der Waals surface area (Å²) in [5.41, 5.74) is 1.45. The Balaban J connectivity index is 2.63. The number of methoxy groups -OCH3 is 5. The van der Waals surface area contributed by atoms with Gasteiger partial charge in [-0.05, 0) is 42.2 Å². The SMILES string of the molecule is CCC(CC)CC(=O)c1c(C(=O)OC)c(-c2ccc(OC)c(OC)c2)c2c(OC)c(OC)c(C)cc2c1O. The van der Waals surface area contributed by atoms with Gasteiger partial charge in [0.05, 0.1) is 46.7 Å². The number of aromatic hydroxyl groups is 1. The van der Waals surface area contributed by atoms with E-state index >= 15 is 0 Å². The fraction of sp³-hybridized carbons (Fsp3) is 0.400. The zero-order valence-electron chi connectivity index (χ0n) is 23.3. The number of ketones is 1. The molecule has 0 saturated carbocycles. The predicted molar refractivity (Wildman–Crippen MR) is 146 cm³/mol. The van der Waals surface area contributed by atoms with Crippen LogP contribution in [0.15, 0.2) is 24.3 Å². The van der Waals surface area contributed by atoms with Crippen molar-refractivity contribution in [3.05, 3.63) is 41.0 Å². The van der Waals surface area contributed by atoms with Crippen molar-refractivity contribution in [2.75, 3.05) is 35.5 Å². The Kier molecular flexibility index (Phi) is 9.09. The molecule has 0 aliphatic rings. The van der Waals surface area contributed by atoms with E-state index in [9.17, 15) is 14.7 Å². The molecule has 0 bridgehead atoms. The van der Waals surface area contributed by atoms with Crippen LogP contribution in [0.1, 0.15) is 59.4 Å². The van der Waals surface area contributed by atoms with E-state index in [1.54, 1.807) is 24.3 Å². The van der Waals surface area contributed by atoms with Gasteiger partial charge >= 0.3 is 5.97 Å². The van der Waals surface area contributed by atoms with Crippen molar-refractivity contribution in [1.82, 2.24) is 0 Å². The zero-order valence-corrected chi connectivity index (χ0v) is 23.3. The van der Waals surface area contributed by atoms with Gasteiger partial charge in [0.1, 0.15) is 5.75 Å². The molecule has 0 heterocycles. The van der Waals surface area contributed by atoms with E-state index in [4.69, 9.17) is 23.7 Å². The highest BCUT2D eigenvalue weighted by Crippen LogP contribution is 2.50. The Hall–Kier alpha value is -3.94. The Morgan fingerprint density at radius 1 is 0.842 bits per heavy atom. The van der Waals surface area contributed by atoms with E-state index in [1.807, 2.05) is 20.8 Å². The van der Waals surface area contributed by atoms with Crippen molar-refractivity contribution >= 4 is 22.5 Å². The number of benzene rings is 3. The number of aryl methyl sites for hydroxylation is 1. The summed E-state index contributed by atoms with van der Waals surface area (Å²) in [4.78, 5) is 27.2. The number of esters is 1. The van der Waals surface area contributed by atoms with Crippen molar-refractivity contribution < 1.29 is 38.4 Å². The first-order valence-electron chi connectivity index (χ1n) is 12.5. The van der Waals surface area contributed by atoms with Crippen molar-refractivity contribution in [2.45, 2.75) is 40.0 Å². The Morgan fingerprint density at radius 2 is 1.47 bits per heavy atom. The third kappa shape index (κ3) is 4.95. The van der Waals surface area contributed by atoms with Gasteiger partial charge in [0.25, 0.3) is 0 Å². The van der Waals surface area contributed by atoms with Gasteiger partial charge in [0.15, 0.2) is 28.8 Å². The van der Waals surface area contributed by atoms with E-state index < -0.39 is 5.97 Å². The number of rotatable bonds is 11. The summed E-state index contributed by atoms with van der Waals surface area (Å²) in [6.45, 7) is 5.84. The maximum Gasteiger partial charge on any atom is 0.339 e. The first-order valence-corrected chi connectivity index (χ1v) is 12.5. The van der Waals surface area contributed by atoms with Gasteiger partial charge in [-0.25, -0.2) is 4.79 Å². The number of phenols is 1. The molecule has 0 amide bonds. The molecule has 204 valence electrons.